The van der Waals surface area contributed by atoms with Crippen LogP contribution in [0, 0.1) is 0 Å². The first-order valence-corrected chi connectivity index (χ1v) is 8.19. The second-order valence-corrected chi connectivity index (χ2v) is 6.64. The number of alkyl halides is 5. The number of rotatable bonds is 3. The first-order valence-electron chi connectivity index (χ1n) is 8.19. The molecule has 0 unspecified atom stereocenters. The van der Waals surface area contributed by atoms with Crippen LogP contribution >= 0.6 is 0 Å². The van der Waals surface area contributed by atoms with Gasteiger partial charge in [-0.2, -0.15) is 13.2 Å². The molecule has 0 N–H and O–H groups in total. The average molecular weight is 374 g/mol. The number of hydrogen-bond donors (Lipinski definition) is 0. The molecule has 0 aliphatic carbocycles. The lowest BCUT2D eigenvalue weighted by Gasteiger charge is -2.11. The maximum atomic E-state index is 12.7. The van der Waals surface area contributed by atoms with Crippen LogP contribution in [0.1, 0.15) is 69.0 Å². The standard InChI is InChI=1S/C10H13F2N.C9H10F3N/c1-7(2)9-5-4-8(6-13-9)10(3,11)12;1-6(2)7-3-4-8(13-5-7)9(10,11)12/h4-7H,1-3H3;3-6H,1-2H3. The molecule has 0 spiro atoms. The average Bonchev–Trinajstić information content (AvgIpc) is 2.54. The summed E-state index contributed by atoms with van der Waals surface area (Å²) in [6.45, 7) is 8.64. The Kier molecular flexibility index (Phi) is 7.24. The summed E-state index contributed by atoms with van der Waals surface area (Å²) in [6, 6.07) is 5.55. The van der Waals surface area contributed by atoms with E-state index in [1.807, 2.05) is 27.7 Å². The smallest absolute Gasteiger partial charge is 0.261 e. The lowest BCUT2D eigenvalue weighted by molar-refractivity contribution is -0.141. The lowest BCUT2D eigenvalue weighted by Crippen LogP contribution is -2.07. The van der Waals surface area contributed by atoms with Gasteiger partial charge in [-0.1, -0.05) is 33.8 Å². The van der Waals surface area contributed by atoms with Crippen molar-refractivity contribution in [2.24, 2.45) is 0 Å². The highest BCUT2D eigenvalue weighted by atomic mass is 19.4. The van der Waals surface area contributed by atoms with Gasteiger partial charge in [-0.25, -0.2) is 8.78 Å². The molecule has 26 heavy (non-hydrogen) atoms. The number of halogens is 5. The topological polar surface area (TPSA) is 25.8 Å². The number of nitrogens with zero attached hydrogens (tertiary/aromatic N) is 2. The largest absolute Gasteiger partial charge is 0.433 e. The lowest BCUT2D eigenvalue weighted by atomic mass is 10.1. The predicted octanol–water partition coefficient (Wildman–Crippen LogP) is 6.54. The minimum atomic E-state index is -4.34. The molecule has 2 nitrogen and oxygen atoms in total. The zero-order valence-electron chi connectivity index (χ0n) is 15.4. The van der Waals surface area contributed by atoms with Gasteiger partial charge in [0.05, 0.1) is 0 Å². The second kappa shape index (κ2) is 8.56. The molecule has 0 saturated heterocycles. The SMILES string of the molecule is CC(C)c1ccc(C(C)(F)F)cn1.CC(C)c1ccc(C(F)(F)F)nc1. The van der Waals surface area contributed by atoms with Crippen molar-refractivity contribution in [2.45, 2.75) is 58.6 Å². The Hall–Kier alpha value is -2.05. The van der Waals surface area contributed by atoms with Crippen LogP contribution in [0.5, 0.6) is 0 Å². The van der Waals surface area contributed by atoms with E-state index in [9.17, 15) is 22.0 Å². The number of aromatic nitrogens is 2. The minimum Gasteiger partial charge on any atom is -0.261 e. The van der Waals surface area contributed by atoms with Gasteiger partial charge in [-0.3, -0.25) is 9.97 Å². The third-order valence-electron chi connectivity index (χ3n) is 3.63. The van der Waals surface area contributed by atoms with E-state index in [2.05, 4.69) is 9.97 Å². The third kappa shape index (κ3) is 6.69. The molecule has 0 aliphatic rings. The molecule has 2 heterocycles. The molecule has 2 aromatic rings. The maximum Gasteiger partial charge on any atom is 0.433 e. The second-order valence-electron chi connectivity index (χ2n) is 6.64. The van der Waals surface area contributed by atoms with E-state index in [0.717, 1.165) is 24.2 Å². The predicted molar refractivity (Wildman–Crippen MR) is 91.2 cm³/mol. The zero-order chi connectivity index (χ0) is 20.1. The van der Waals surface area contributed by atoms with Gasteiger partial charge in [-0.05, 0) is 35.6 Å². The van der Waals surface area contributed by atoms with E-state index in [4.69, 9.17) is 0 Å². The molecule has 2 aromatic heterocycles. The van der Waals surface area contributed by atoms with Crippen molar-refractivity contribution in [1.29, 1.82) is 0 Å². The molecular weight excluding hydrogens is 351 g/mol. The number of hydrogen-bond acceptors (Lipinski definition) is 2. The third-order valence-corrected chi connectivity index (χ3v) is 3.63. The van der Waals surface area contributed by atoms with Gasteiger partial charge in [0.2, 0.25) is 0 Å². The highest BCUT2D eigenvalue weighted by Crippen LogP contribution is 2.28. The van der Waals surface area contributed by atoms with Gasteiger partial charge < -0.3 is 0 Å². The summed E-state index contributed by atoms with van der Waals surface area (Å²) in [5, 5.41) is 0. The molecule has 0 fully saturated rings. The Bertz CT molecular complexity index is 608. The molecule has 2 rings (SSSR count). The normalized spacial score (nSPS) is 12.2. The highest BCUT2D eigenvalue weighted by molar-refractivity contribution is 5.20. The van der Waals surface area contributed by atoms with E-state index in [1.165, 1.54) is 24.5 Å². The van der Waals surface area contributed by atoms with Crippen molar-refractivity contribution in [2.75, 3.05) is 0 Å². The Morgan fingerprint density at radius 2 is 1.38 bits per heavy atom. The summed E-state index contributed by atoms with van der Waals surface area (Å²) >= 11 is 0. The summed E-state index contributed by atoms with van der Waals surface area (Å²) in [5.41, 5.74) is 0.787. The molecule has 0 aromatic carbocycles. The van der Waals surface area contributed by atoms with Gasteiger partial charge in [0.25, 0.3) is 5.92 Å². The molecule has 0 bridgehead atoms. The van der Waals surface area contributed by atoms with E-state index in [0.29, 0.717) is 0 Å². The zero-order valence-corrected chi connectivity index (χ0v) is 15.4. The van der Waals surface area contributed by atoms with Crippen molar-refractivity contribution in [3.8, 4) is 0 Å². The Morgan fingerprint density at radius 1 is 0.769 bits per heavy atom. The fraction of sp³-hybridized carbons (Fsp3) is 0.474. The van der Waals surface area contributed by atoms with Crippen LogP contribution in [0.4, 0.5) is 22.0 Å². The van der Waals surface area contributed by atoms with Crippen LogP contribution in [-0.2, 0) is 12.1 Å². The van der Waals surface area contributed by atoms with Crippen molar-refractivity contribution >= 4 is 0 Å². The van der Waals surface area contributed by atoms with Gasteiger partial charge in [0, 0.05) is 30.6 Å². The van der Waals surface area contributed by atoms with Gasteiger partial charge in [0.1, 0.15) is 5.69 Å². The Labute approximate surface area is 150 Å². The molecule has 7 heteroatoms. The van der Waals surface area contributed by atoms with Crippen molar-refractivity contribution in [1.82, 2.24) is 9.97 Å². The fourth-order valence-corrected chi connectivity index (χ4v) is 1.92. The summed E-state index contributed by atoms with van der Waals surface area (Å²) in [6.07, 6.45) is -1.82. The van der Waals surface area contributed by atoms with Gasteiger partial charge in [-0.15, -0.1) is 0 Å². The molecular formula is C19H23F5N2. The molecule has 0 aliphatic heterocycles. The van der Waals surface area contributed by atoms with Gasteiger partial charge in [0.15, 0.2) is 0 Å². The molecule has 0 atom stereocenters. The first-order chi connectivity index (χ1) is 11.8. The van der Waals surface area contributed by atoms with E-state index in [-0.39, 0.29) is 17.4 Å². The number of pyridine rings is 2. The van der Waals surface area contributed by atoms with Crippen molar-refractivity contribution in [3.05, 3.63) is 59.2 Å². The summed E-state index contributed by atoms with van der Waals surface area (Å²) in [7, 11) is 0. The van der Waals surface area contributed by atoms with E-state index in [1.54, 1.807) is 6.07 Å². The summed E-state index contributed by atoms with van der Waals surface area (Å²) in [4.78, 5) is 7.31. The molecule has 144 valence electrons. The highest BCUT2D eigenvalue weighted by Gasteiger charge is 2.32. The van der Waals surface area contributed by atoms with Crippen molar-refractivity contribution < 1.29 is 22.0 Å². The van der Waals surface area contributed by atoms with Crippen LogP contribution in [0.25, 0.3) is 0 Å². The first kappa shape index (κ1) is 22.0. The van der Waals surface area contributed by atoms with Crippen LogP contribution in [0.2, 0.25) is 0 Å². The molecule has 0 saturated carbocycles. The molecule has 0 amide bonds. The van der Waals surface area contributed by atoms with Gasteiger partial charge >= 0.3 is 6.18 Å². The van der Waals surface area contributed by atoms with Crippen LogP contribution in [-0.4, -0.2) is 9.97 Å². The van der Waals surface area contributed by atoms with E-state index < -0.39 is 17.8 Å². The quantitative estimate of drug-likeness (QED) is 0.570. The monoisotopic (exact) mass is 374 g/mol. The van der Waals surface area contributed by atoms with Crippen LogP contribution in [0.3, 0.4) is 0 Å². The summed E-state index contributed by atoms with van der Waals surface area (Å²) < 4.78 is 61.7. The van der Waals surface area contributed by atoms with Crippen molar-refractivity contribution in [3.63, 3.8) is 0 Å². The molecule has 0 radical (unpaired) electrons. The Morgan fingerprint density at radius 3 is 1.69 bits per heavy atom. The Balaban J connectivity index is 0.000000260. The summed E-state index contributed by atoms with van der Waals surface area (Å²) in [5.74, 6) is -2.31. The van der Waals surface area contributed by atoms with Crippen LogP contribution in [0.15, 0.2) is 36.7 Å². The fourth-order valence-electron chi connectivity index (χ4n) is 1.92. The minimum absolute atomic E-state index is 0.0306. The maximum absolute atomic E-state index is 12.7. The van der Waals surface area contributed by atoms with Crippen LogP contribution < -0.4 is 0 Å². The van der Waals surface area contributed by atoms with E-state index >= 15 is 0 Å².